The monoisotopic (exact) mass is 315 g/mol. The number of amides is 1. The Balaban J connectivity index is 2.28. The maximum absolute atomic E-state index is 11.9. The molecule has 21 heavy (non-hydrogen) atoms. The van der Waals surface area contributed by atoms with Crippen LogP contribution in [-0.4, -0.2) is 36.7 Å². The normalized spacial score (nSPS) is 19.0. The van der Waals surface area contributed by atoms with Crippen molar-refractivity contribution >= 4 is 27.3 Å². The molecule has 114 valence electrons. The van der Waals surface area contributed by atoms with Gasteiger partial charge in [-0.2, -0.15) is 0 Å². The molecule has 1 atom stereocenters. The number of nitro groups is 1. The fourth-order valence-corrected chi connectivity index (χ4v) is 3.18. The van der Waals surface area contributed by atoms with Gasteiger partial charge in [0.25, 0.3) is 5.69 Å². The molecule has 0 aromatic heterocycles. The van der Waals surface area contributed by atoms with Gasteiger partial charge in [-0.05, 0) is 6.07 Å². The molecule has 1 fully saturated rings. The van der Waals surface area contributed by atoms with Crippen molar-refractivity contribution < 1.29 is 23.2 Å². The first-order valence-corrected chi connectivity index (χ1v) is 7.67. The number of nitrogens with two attached hydrogens (primary N) is 1. The van der Waals surface area contributed by atoms with Crippen molar-refractivity contribution in [2.75, 3.05) is 17.2 Å². The second kappa shape index (κ2) is 5.30. The van der Waals surface area contributed by atoms with Gasteiger partial charge < -0.3 is 10.0 Å². The Morgan fingerprint density at radius 1 is 1.48 bits per heavy atom. The highest BCUT2D eigenvalue weighted by molar-refractivity contribution is 7.89. The molecule has 9 nitrogen and oxygen atoms in total. The van der Waals surface area contributed by atoms with Crippen LogP contribution in [-0.2, 0) is 14.8 Å². The lowest BCUT2D eigenvalue weighted by Crippen LogP contribution is -2.27. The maximum atomic E-state index is 11.9. The van der Waals surface area contributed by atoms with Gasteiger partial charge in [0, 0.05) is 31.0 Å². The minimum Gasteiger partial charge on any atom is -0.506 e. The summed E-state index contributed by atoms with van der Waals surface area (Å²) in [5.74, 6) is -1.57. The Morgan fingerprint density at radius 2 is 2.14 bits per heavy atom. The van der Waals surface area contributed by atoms with E-state index in [1.54, 1.807) is 0 Å². The smallest absolute Gasteiger partial charge is 0.271 e. The van der Waals surface area contributed by atoms with Crippen molar-refractivity contribution in [2.24, 2.45) is 11.1 Å². The number of carbonyl (C=O) groups excluding carboxylic acids is 1. The summed E-state index contributed by atoms with van der Waals surface area (Å²) in [7, 11) is -3.72. The van der Waals surface area contributed by atoms with Crippen LogP contribution in [0.2, 0.25) is 0 Å². The molecule has 2 rings (SSSR count). The molecule has 0 bridgehead atoms. The second-order valence-corrected chi connectivity index (χ2v) is 6.49. The molecular weight excluding hydrogens is 302 g/mol. The van der Waals surface area contributed by atoms with Gasteiger partial charge in [-0.15, -0.1) is 0 Å². The number of phenols is 1. The average Bonchev–Trinajstić information content (AvgIpc) is 2.67. The van der Waals surface area contributed by atoms with E-state index in [4.69, 9.17) is 5.14 Å². The number of anilines is 1. The largest absolute Gasteiger partial charge is 0.506 e. The third-order valence-electron chi connectivity index (χ3n) is 3.13. The molecule has 1 unspecified atom stereocenters. The fraction of sp³-hybridized carbons (Fsp3) is 0.364. The van der Waals surface area contributed by atoms with Crippen molar-refractivity contribution in [3.8, 4) is 5.75 Å². The summed E-state index contributed by atoms with van der Waals surface area (Å²) in [5, 5.41) is 25.4. The van der Waals surface area contributed by atoms with Gasteiger partial charge in [0.2, 0.25) is 15.9 Å². The van der Waals surface area contributed by atoms with E-state index < -0.39 is 26.8 Å². The Bertz CT molecular complexity index is 702. The molecule has 0 radical (unpaired) electrons. The number of nitrogens with zero attached hydrogens (tertiary/aromatic N) is 2. The highest BCUT2D eigenvalue weighted by Gasteiger charge is 2.34. The third-order valence-corrected chi connectivity index (χ3v) is 4.07. The number of hydrogen-bond acceptors (Lipinski definition) is 6. The molecule has 1 aliphatic rings. The third kappa shape index (κ3) is 3.47. The summed E-state index contributed by atoms with van der Waals surface area (Å²) in [6.45, 7) is 0.0317. The fourth-order valence-electron chi connectivity index (χ4n) is 2.30. The van der Waals surface area contributed by atoms with Crippen LogP contribution in [0.25, 0.3) is 0 Å². The van der Waals surface area contributed by atoms with E-state index in [1.165, 1.54) is 0 Å². The first kappa shape index (κ1) is 15.2. The van der Waals surface area contributed by atoms with Crippen LogP contribution in [0.4, 0.5) is 11.4 Å². The Kier molecular flexibility index (Phi) is 3.83. The van der Waals surface area contributed by atoms with Crippen molar-refractivity contribution in [1.82, 2.24) is 0 Å². The van der Waals surface area contributed by atoms with E-state index in [9.17, 15) is 28.4 Å². The molecular formula is C11H13N3O6S. The molecule has 1 heterocycles. The van der Waals surface area contributed by atoms with Crippen molar-refractivity contribution in [3.63, 3.8) is 0 Å². The zero-order chi connectivity index (χ0) is 15.8. The quantitative estimate of drug-likeness (QED) is 0.588. The highest BCUT2D eigenvalue weighted by Crippen LogP contribution is 2.35. The zero-order valence-electron chi connectivity index (χ0n) is 10.8. The van der Waals surface area contributed by atoms with Gasteiger partial charge in [-0.3, -0.25) is 14.9 Å². The number of rotatable bonds is 4. The standard InChI is InChI=1S/C11H13N3O6S/c12-21(19,20)6-7-3-11(16)13(5-7)9-4-8(14(17)18)1-2-10(9)15/h1-2,4,7,15H,3,5-6H2,(H2,12,19,20). The van der Waals surface area contributed by atoms with Gasteiger partial charge in [0.05, 0.1) is 16.4 Å². The number of carbonyl (C=O) groups is 1. The predicted octanol–water partition coefficient (Wildman–Crippen LogP) is -0.0582. The van der Waals surface area contributed by atoms with Gasteiger partial charge in [-0.25, -0.2) is 13.6 Å². The number of sulfonamides is 1. The molecule has 10 heteroatoms. The molecule has 0 saturated carbocycles. The van der Waals surface area contributed by atoms with Crippen LogP contribution >= 0.6 is 0 Å². The van der Waals surface area contributed by atoms with E-state index in [0.29, 0.717) is 0 Å². The minimum atomic E-state index is -3.72. The lowest BCUT2D eigenvalue weighted by molar-refractivity contribution is -0.384. The topological polar surface area (TPSA) is 144 Å². The summed E-state index contributed by atoms with van der Waals surface area (Å²) >= 11 is 0. The zero-order valence-corrected chi connectivity index (χ0v) is 11.6. The van der Waals surface area contributed by atoms with E-state index >= 15 is 0 Å². The molecule has 3 N–H and O–H groups in total. The highest BCUT2D eigenvalue weighted by atomic mass is 32.2. The number of primary sulfonamides is 1. The number of benzene rings is 1. The number of aromatic hydroxyl groups is 1. The summed E-state index contributed by atoms with van der Waals surface area (Å²) < 4.78 is 22.1. The lowest BCUT2D eigenvalue weighted by atomic mass is 10.1. The summed E-state index contributed by atoms with van der Waals surface area (Å²) in [6, 6.07) is 3.31. The predicted molar refractivity (Wildman–Crippen MR) is 73.2 cm³/mol. The van der Waals surface area contributed by atoms with Gasteiger partial charge in [0.1, 0.15) is 5.75 Å². The maximum Gasteiger partial charge on any atom is 0.271 e. The van der Waals surface area contributed by atoms with Crippen LogP contribution in [0, 0.1) is 16.0 Å². The average molecular weight is 315 g/mol. The Hall–Kier alpha value is -2.20. The molecule has 0 aliphatic carbocycles. The van der Waals surface area contributed by atoms with E-state index in [0.717, 1.165) is 23.1 Å². The van der Waals surface area contributed by atoms with Gasteiger partial charge >= 0.3 is 0 Å². The van der Waals surface area contributed by atoms with Gasteiger partial charge in [0.15, 0.2) is 0 Å². The molecule has 1 saturated heterocycles. The molecule has 1 aromatic carbocycles. The minimum absolute atomic E-state index is 0.00822. The van der Waals surface area contributed by atoms with Crippen LogP contribution < -0.4 is 10.0 Å². The van der Waals surface area contributed by atoms with Crippen molar-refractivity contribution in [3.05, 3.63) is 28.3 Å². The Morgan fingerprint density at radius 3 is 2.71 bits per heavy atom. The summed E-state index contributed by atoms with van der Waals surface area (Å²) in [5.41, 5.74) is -0.281. The summed E-state index contributed by atoms with van der Waals surface area (Å²) in [6.07, 6.45) is -0.0431. The SMILES string of the molecule is NS(=O)(=O)CC1CC(=O)N(c2cc([N+](=O)[O-])ccc2O)C1. The van der Waals surface area contributed by atoms with Crippen LogP contribution in [0.1, 0.15) is 6.42 Å². The van der Waals surface area contributed by atoms with Crippen LogP contribution in [0.5, 0.6) is 5.75 Å². The molecule has 0 spiro atoms. The Labute approximate surface area is 120 Å². The van der Waals surface area contributed by atoms with E-state index in [2.05, 4.69) is 0 Å². The lowest BCUT2D eigenvalue weighted by Gasteiger charge is -2.17. The second-order valence-electron chi connectivity index (χ2n) is 4.83. The van der Waals surface area contributed by atoms with Crippen LogP contribution in [0.15, 0.2) is 18.2 Å². The first-order valence-electron chi connectivity index (χ1n) is 5.95. The van der Waals surface area contributed by atoms with Crippen molar-refractivity contribution in [1.29, 1.82) is 0 Å². The van der Waals surface area contributed by atoms with E-state index in [1.807, 2.05) is 0 Å². The molecule has 1 aliphatic heterocycles. The van der Waals surface area contributed by atoms with Crippen LogP contribution in [0.3, 0.4) is 0 Å². The van der Waals surface area contributed by atoms with E-state index in [-0.39, 0.29) is 35.8 Å². The van der Waals surface area contributed by atoms with Crippen molar-refractivity contribution in [2.45, 2.75) is 6.42 Å². The number of hydrogen-bond donors (Lipinski definition) is 2. The number of non-ortho nitro benzene ring substituents is 1. The molecule has 1 amide bonds. The first-order chi connectivity index (χ1) is 9.67. The number of phenolic OH excluding ortho intramolecular Hbond substituents is 1. The number of nitro benzene ring substituents is 1. The molecule has 1 aromatic rings. The summed E-state index contributed by atoms with van der Waals surface area (Å²) in [4.78, 5) is 23.1. The van der Waals surface area contributed by atoms with Gasteiger partial charge in [-0.1, -0.05) is 0 Å².